The van der Waals surface area contributed by atoms with Gasteiger partial charge in [0, 0.05) is 23.3 Å². The second-order valence-corrected chi connectivity index (χ2v) is 7.66. The first-order valence-corrected chi connectivity index (χ1v) is 8.58. The van der Waals surface area contributed by atoms with E-state index in [1.165, 1.54) is 15.6 Å². The molecule has 0 radical (unpaired) electrons. The van der Waals surface area contributed by atoms with E-state index in [2.05, 4.69) is 0 Å². The minimum Gasteiger partial charge on any atom is -0.373 e. The lowest BCUT2D eigenvalue weighted by atomic mass is 10.3. The maximum Gasteiger partial charge on any atom is 0.244 e. The Morgan fingerprint density at radius 3 is 2.56 bits per heavy atom. The van der Waals surface area contributed by atoms with Crippen LogP contribution in [0.15, 0.2) is 16.3 Å². The lowest BCUT2D eigenvalue weighted by molar-refractivity contribution is -0.0440. The number of hydrogen-bond acceptors (Lipinski definition) is 4. The Morgan fingerprint density at radius 2 is 2.06 bits per heavy atom. The predicted molar refractivity (Wildman–Crippen MR) is 72.6 cm³/mol. The molecule has 1 saturated heterocycles. The van der Waals surface area contributed by atoms with Gasteiger partial charge in [0.25, 0.3) is 0 Å². The van der Waals surface area contributed by atoms with Crippen LogP contribution in [0.4, 0.5) is 0 Å². The summed E-state index contributed by atoms with van der Waals surface area (Å²) in [5.74, 6) is 0.343. The average molecular weight is 310 g/mol. The van der Waals surface area contributed by atoms with Gasteiger partial charge in [0.15, 0.2) is 0 Å². The number of rotatable bonds is 3. The molecule has 1 aliphatic heterocycles. The van der Waals surface area contributed by atoms with Crippen LogP contribution in [0.3, 0.4) is 0 Å². The van der Waals surface area contributed by atoms with Gasteiger partial charge in [0.2, 0.25) is 10.0 Å². The first-order chi connectivity index (χ1) is 8.43. The van der Waals surface area contributed by atoms with E-state index in [-0.39, 0.29) is 12.2 Å². The van der Waals surface area contributed by atoms with Crippen LogP contribution in [0.2, 0.25) is 0 Å². The van der Waals surface area contributed by atoms with E-state index in [1.54, 1.807) is 11.4 Å². The Hall–Kier alpha value is -0.140. The fourth-order valence-corrected chi connectivity index (χ4v) is 5.01. The number of morpholine rings is 1. The van der Waals surface area contributed by atoms with Crippen LogP contribution in [0.1, 0.15) is 18.7 Å². The average Bonchev–Trinajstić information content (AvgIpc) is 2.76. The van der Waals surface area contributed by atoms with Gasteiger partial charge in [0.05, 0.1) is 23.0 Å². The summed E-state index contributed by atoms with van der Waals surface area (Å²) in [4.78, 5) is 1.20. The molecule has 0 saturated carbocycles. The molecule has 0 aromatic carbocycles. The molecule has 2 heterocycles. The first-order valence-electron chi connectivity index (χ1n) is 5.72. The molecule has 18 heavy (non-hydrogen) atoms. The molecule has 0 aliphatic carbocycles. The Balaban J connectivity index is 2.25. The minimum atomic E-state index is -3.41. The largest absolute Gasteiger partial charge is 0.373 e. The van der Waals surface area contributed by atoms with Gasteiger partial charge in [-0.1, -0.05) is 0 Å². The Bertz CT molecular complexity index is 504. The molecular weight excluding hydrogens is 294 g/mol. The molecule has 0 amide bonds. The number of sulfonamides is 1. The zero-order chi connectivity index (χ0) is 13.3. The SMILES string of the molecule is C[C@@H]1CN(S(=O)(=O)c2csc(CCl)c2)C[C@H](C)O1. The number of alkyl halides is 1. The summed E-state index contributed by atoms with van der Waals surface area (Å²) >= 11 is 7.08. The monoisotopic (exact) mass is 309 g/mol. The molecule has 7 heteroatoms. The number of halogens is 1. The van der Waals surface area contributed by atoms with Crippen molar-refractivity contribution in [3.8, 4) is 0 Å². The smallest absolute Gasteiger partial charge is 0.244 e. The van der Waals surface area contributed by atoms with Crippen LogP contribution in [-0.4, -0.2) is 38.0 Å². The van der Waals surface area contributed by atoms with Crippen LogP contribution < -0.4 is 0 Å². The summed E-state index contributed by atoms with van der Waals surface area (Å²) in [7, 11) is -3.41. The summed E-state index contributed by atoms with van der Waals surface area (Å²) in [6, 6.07) is 1.65. The normalized spacial score (nSPS) is 26.4. The van der Waals surface area contributed by atoms with Crippen molar-refractivity contribution in [1.82, 2.24) is 4.31 Å². The molecule has 2 rings (SSSR count). The Kier molecular flexibility index (Phi) is 4.33. The molecule has 4 nitrogen and oxygen atoms in total. The quantitative estimate of drug-likeness (QED) is 0.805. The second kappa shape index (κ2) is 5.46. The lowest BCUT2D eigenvalue weighted by Gasteiger charge is -2.34. The van der Waals surface area contributed by atoms with Gasteiger partial charge in [-0.2, -0.15) is 4.31 Å². The van der Waals surface area contributed by atoms with Gasteiger partial charge in [-0.05, 0) is 19.9 Å². The maximum absolute atomic E-state index is 12.4. The van der Waals surface area contributed by atoms with E-state index in [0.717, 1.165) is 4.88 Å². The third kappa shape index (κ3) is 2.88. The summed E-state index contributed by atoms with van der Waals surface area (Å²) in [6.07, 6.45) is -0.149. The topological polar surface area (TPSA) is 46.6 Å². The van der Waals surface area contributed by atoms with E-state index in [1.807, 2.05) is 13.8 Å². The van der Waals surface area contributed by atoms with E-state index >= 15 is 0 Å². The van der Waals surface area contributed by atoms with E-state index in [9.17, 15) is 8.42 Å². The summed E-state index contributed by atoms with van der Waals surface area (Å²) in [5, 5.41) is 1.65. The van der Waals surface area contributed by atoms with Gasteiger partial charge >= 0.3 is 0 Å². The van der Waals surface area contributed by atoms with Gasteiger partial charge < -0.3 is 4.74 Å². The highest BCUT2D eigenvalue weighted by Crippen LogP contribution is 2.26. The van der Waals surface area contributed by atoms with E-state index < -0.39 is 10.0 Å². The fraction of sp³-hybridized carbons (Fsp3) is 0.636. The predicted octanol–water partition coefficient (Wildman–Crippen LogP) is 2.28. The number of thiophene rings is 1. The van der Waals surface area contributed by atoms with Crippen molar-refractivity contribution >= 4 is 33.0 Å². The fourth-order valence-electron chi connectivity index (χ4n) is 2.04. The van der Waals surface area contributed by atoms with Crippen LogP contribution in [0.5, 0.6) is 0 Å². The summed E-state index contributed by atoms with van der Waals surface area (Å²) in [6.45, 7) is 4.57. The highest BCUT2D eigenvalue weighted by atomic mass is 35.5. The molecule has 0 spiro atoms. The zero-order valence-electron chi connectivity index (χ0n) is 10.3. The molecule has 1 aliphatic rings. The molecule has 102 valence electrons. The van der Waals surface area contributed by atoms with Crippen LogP contribution >= 0.6 is 22.9 Å². The Labute approximate surface area is 117 Å². The van der Waals surface area contributed by atoms with Crippen LogP contribution in [0, 0.1) is 0 Å². The van der Waals surface area contributed by atoms with Crippen molar-refractivity contribution in [1.29, 1.82) is 0 Å². The molecule has 0 bridgehead atoms. The van der Waals surface area contributed by atoms with Crippen molar-refractivity contribution in [2.75, 3.05) is 13.1 Å². The molecule has 0 unspecified atom stereocenters. The summed E-state index contributed by atoms with van der Waals surface area (Å²) in [5.41, 5.74) is 0. The van der Waals surface area contributed by atoms with E-state index in [0.29, 0.717) is 23.9 Å². The van der Waals surface area contributed by atoms with Gasteiger partial charge in [-0.15, -0.1) is 22.9 Å². The highest BCUT2D eigenvalue weighted by Gasteiger charge is 2.32. The Morgan fingerprint density at radius 1 is 1.44 bits per heavy atom. The summed E-state index contributed by atoms with van der Waals surface area (Å²) < 4.78 is 31.9. The van der Waals surface area contributed by atoms with Gasteiger partial charge in [-0.3, -0.25) is 0 Å². The first kappa shape index (κ1) is 14.3. The van der Waals surface area contributed by atoms with Crippen molar-refractivity contribution in [3.05, 3.63) is 16.3 Å². The molecule has 1 aromatic heterocycles. The molecule has 2 atom stereocenters. The van der Waals surface area contributed by atoms with Gasteiger partial charge in [0.1, 0.15) is 0 Å². The standard InChI is InChI=1S/C11H16ClNO3S2/c1-8-5-13(6-9(2)16-8)18(14,15)11-3-10(4-12)17-7-11/h3,7-9H,4-6H2,1-2H3/t8-,9+. The molecular formula is C11H16ClNO3S2. The molecule has 0 N–H and O–H groups in total. The second-order valence-electron chi connectivity index (χ2n) is 4.46. The van der Waals surface area contributed by atoms with Crippen molar-refractivity contribution in [2.24, 2.45) is 0 Å². The van der Waals surface area contributed by atoms with Crippen molar-refractivity contribution in [3.63, 3.8) is 0 Å². The maximum atomic E-state index is 12.4. The van der Waals surface area contributed by atoms with Crippen LogP contribution in [-0.2, 0) is 20.6 Å². The lowest BCUT2D eigenvalue weighted by Crippen LogP contribution is -2.47. The number of ether oxygens (including phenoxy) is 1. The molecule has 1 fully saturated rings. The third-order valence-electron chi connectivity index (χ3n) is 2.79. The van der Waals surface area contributed by atoms with Gasteiger partial charge in [-0.25, -0.2) is 8.42 Å². The van der Waals surface area contributed by atoms with Crippen LogP contribution in [0.25, 0.3) is 0 Å². The zero-order valence-corrected chi connectivity index (χ0v) is 12.7. The van der Waals surface area contributed by atoms with Crippen molar-refractivity contribution in [2.45, 2.75) is 36.8 Å². The number of hydrogen-bond donors (Lipinski definition) is 0. The molecule has 1 aromatic rings. The highest BCUT2D eigenvalue weighted by molar-refractivity contribution is 7.89. The minimum absolute atomic E-state index is 0.0744. The number of nitrogens with zero attached hydrogens (tertiary/aromatic N) is 1. The third-order valence-corrected chi connectivity index (χ3v) is 6.13. The van der Waals surface area contributed by atoms with E-state index in [4.69, 9.17) is 16.3 Å². The van der Waals surface area contributed by atoms with Crippen molar-refractivity contribution < 1.29 is 13.2 Å².